The van der Waals surface area contributed by atoms with E-state index in [-0.39, 0.29) is 36.4 Å². The van der Waals surface area contributed by atoms with Crippen molar-refractivity contribution in [3.05, 3.63) is 59.9 Å². The van der Waals surface area contributed by atoms with E-state index in [1.807, 2.05) is 29.2 Å². The molecule has 0 bridgehead atoms. The third-order valence-electron chi connectivity index (χ3n) is 6.26. The van der Waals surface area contributed by atoms with Crippen LogP contribution in [0.25, 0.3) is 0 Å². The van der Waals surface area contributed by atoms with Crippen LogP contribution in [0.2, 0.25) is 0 Å². The van der Waals surface area contributed by atoms with E-state index < -0.39 is 0 Å². The van der Waals surface area contributed by atoms with Crippen LogP contribution < -0.4 is 4.90 Å². The van der Waals surface area contributed by atoms with Crippen LogP contribution in [0, 0.1) is 5.92 Å². The van der Waals surface area contributed by atoms with Gasteiger partial charge < -0.3 is 14.9 Å². The highest BCUT2D eigenvalue weighted by molar-refractivity contribution is 6.06. The van der Waals surface area contributed by atoms with Crippen molar-refractivity contribution in [2.45, 2.75) is 37.3 Å². The second-order valence-electron chi connectivity index (χ2n) is 7.98. The van der Waals surface area contributed by atoms with E-state index in [4.69, 9.17) is 0 Å². The fourth-order valence-electron chi connectivity index (χ4n) is 4.73. The Labute approximate surface area is 163 Å². The van der Waals surface area contributed by atoms with Gasteiger partial charge in [-0.3, -0.25) is 14.6 Å². The number of para-hydroxylation sites is 1. The van der Waals surface area contributed by atoms with Crippen LogP contribution >= 0.6 is 0 Å². The first-order valence-electron chi connectivity index (χ1n) is 9.93. The molecular formula is C22H23N3O3. The standard InChI is InChI=1S/C22H23N3O3/c26-13-19-21-15-5-1-2-7-17(15)24(22(28)16-6-3-4-10-23-16)12-18(21)25(19)20(27)11-14-8-9-14/h1-7,10,14,18-19,21,26H,8-9,11-13H2/t18-,19+,21+/m0/s1. The predicted molar refractivity (Wildman–Crippen MR) is 104 cm³/mol. The molecule has 3 heterocycles. The van der Waals surface area contributed by atoms with Crippen LogP contribution in [-0.4, -0.2) is 52.0 Å². The molecule has 1 saturated heterocycles. The number of anilines is 1. The quantitative estimate of drug-likeness (QED) is 0.887. The lowest BCUT2D eigenvalue weighted by Gasteiger charge is -2.59. The molecule has 1 aliphatic carbocycles. The molecule has 28 heavy (non-hydrogen) atoms. The van der Waals surface area contributed by atoms with Crippen molar-refractivity contribution in [2.24, 2.45) is 5.92 Å². The summed E-state index contributed by atoms with van der Waals surface area (Å²) < 4.78 is 0. The first kappa shape index (κ1) is 17.4. The molecule has 1 aromatic heterocycles. The summed E-state index contributed by atoms with van der Waals surface area (Å²) in [6.07, 6.45) is 4.40. The Morgan fingerprint density at radius 1 is 1.11 bits per heavy atom. The van der Waals surface area contributed by atoms with Crippen molar-refractivity contribution < 1.29 is 14.7 Å². The lowest BCUT2D eigenvalue weighted by Crippen LogP contribution is -2.70. The SMILES string of the molecule is O=C(c1ccccn1)N1C[C@H]2[C@@H](c3ccccc31)[C@@H](CO)N2C(=O)CC1CC1. The third-order valence-corrected chi connectivity index (χ3v) is 6.26. The topological polar surface area (TPSA) is 73.7 Å². The van der Waals surface area contributed by atoms with Gasteiger partial charge in [0.15, 0.2) is 0 Å². The van der Waals surface area contributed by atoms with E-state index >= 15 is 0 Å². The average molecular weight is 377 g/mol. The monoisotopic (exact) mass is 377 g/mol. The van der Waals surface area contributed by atoms with Gasteiger partial charge in [0, 0.05) is 30.8 Å². The highest BCUT2D eigenvalue weighted by Crippen LogP contribution is 2.49. The third kappa shape index (κ3) is 2.71. The summed E-state index contributed by atoms with van der Waals surface area (Å²) in [5.41, 5.74) is 2.27. The summed E-state index contributed by atoms with van der Waals surface area (Å²) in [6.45, 7) is 0.379. The van der Waals surface area contributed by atoms with Crippen LogP contribution in [0.3, 0.4) is 0 Å². The number of pyridine rings is 1. The normalized spacial score (nSPS) is 25.5. The molecule has 2 aromatic rings. The molecule has 5 rings (SSSR count). The number of carbonyl (C=O) groups excluding carboxylic acids is 2. The van der Waals surface area contributed by atoms with Gasteiger partial charge in [-0.2, -0.15) is 0 Å². The predicted octanol–water partition coefficient (Wildman–Crippen LogP) is 2.20. The number of hydrogen-bond donors (Lipinski definition) is 1. The van der Waals surface area contributed by atoms with Gasteiger partial charge in [-0.15, -0.1) is 0 Å². The highest BCUT2D eigenvalue weighted by atomic mass is 16.3. The number of rotatable bonds is 4. The fraction of sp³-hybridized carbons (Fsp3) is 0.409. The lowest BCUT2D eigenvalue weighted by molar-refractivity contribution is -0.150. The summed E-state index contributed by atoms with van der Waals surface area (Å²) >= 11 is 0. The molecule has 3 atom stereocenters. The van der Waals surface area contributed by atoms with E-state index in [0.29, 0.717) is 24.6 Å². The van der Waals surface area contributed by atoms with Crippen LogP contribution in [0.15, 0.2) is 48.7 Å². The Hall–Kier alpha value is -2.73. The zero-order valence-corrected chi connectivity index (χ0v) is 15.6. The average Bonchev–Trinajstić information content (AvgIpc) is 3.52. The molecule has 1 N–H and O–H groups in total. The Morgan fingerprint density at radius 3 is 2.61 bits per heavy atom. The summed E-state index contributed by atoms with van der Waals surface area (Å²) in [5, 5.41) is 9.99. The van der Waals surface area contributed by atoms with Crippen molar-refractivity contribution >= 4 is 17.5 Å². The summed E-state index contributed by atoms with van der Waals surface area (Å²) in [6, 6.07) is 12.8. The van der Waals surface area contributed by atoms with Gasteiger partial charge in [-0.1, -0.05) is 24.3 Å². The van der Waals surface area contributed by atoms with Gasteiger partial charge in [-0.25, -0.2) is 0 Å². The number of carbonyl (C=O) groups is 2. The van der Waals surface area contributed by atoms with Gasteiger partial charge in [0.05, 0.1) is 18.7 Å². The number of likely N-dealkylation sites (tertiary alicyclic amines) is 1. The van der Waals surface area contributed by atoms with Crippen molar-refractivity contribution in [2.75, 3.05) is 18.1 Å². The van der Waals surface area contributed by atoms with E-state index in [9.17, 15) is 14.7 Å². The van der Waals surface area contributed by atoms with Crippen LogP contribution in [0.5, 0.6) is 0 Å². The maximum Gasteiger partial charge on any atom is 0.276 e. The van der Waals surface area contributed by atoms with E-state index in [1.165, 1.54) is 0 Å². The molecule has 6 heteroatoms. The van der Waals surface area contributed by atoms with E-state index in [2.05, 4.69) is 4.98 Å². The Kier molecular flexibility index (Phi) is 4.16. The second kappa shape index (κ2) is 6.71. The van der Waals surface area contributed by atoms with Gasteiger partial charge in [0.1, 0.15) is 5.69 Å². The largest absolute Gasteiger partial charge is 0.394 e. The molecule has 2 amide bonds. The van der Waals surface area contributed by atoms with Crippen molar-refractivity contribution in [1.82, 2.24) is 9.88 Å². The van der Waals surface area contributed by atoms with E-state index in [1.54, 1.807) is 29.3 Å². The van der Waals surface area contributed by atoms with Gasteiger partial charge in [0.25, 0.3) is 5.91 Å². The molecule has 3 aliphatic rings. The second-order valence-corrected chi connectivity index (χ2v) is 7.98. The molecule has 1 saturated carbocycles. The van der Waals surface area contributed by atoms with Crippen LogP contribution in [0.1, 0.15) is 41.2 Å². The Balaban J connectivity index is 1.49. The van der Waals surface area contributed by atoms with Gasteiger partial charge >= 0.3 is 0 Å². The number of benzene rings is 1. The summed E-state index contributed by atoms with van der Waals surface area (Å²) in [5.74, 6) is 0.506. The van der Waals surface area contributed by atoms with Crippen LogP contribution in [-0.2, 0) is 4.79 Å². The molecule has 1 aromatic carbocycles. The zero-order chi connectivity index (χ0) is 19.3. The lowest BCUT2D eigenvalue weighted by atomic mass is 9.71. The smallest absolute Gasteiger partial charge is 0.276 e. The zero-order valence-electron chi connectivity index (χ0n) is 15.6. The maximum absolute atomic E-state index is 13.2. The summed E-state index contributed by atoms with van der Waals surface area (Å²) in [4.78, 5) is 33.8. The molecule has 0 unspecified atom stereocenters. The first-order valence-corrected chi connectivity index (χ1v) is 9.93. The highest BCUT2D eigenvalue weighted by Gasteiger charge is 2.55. The minimum Gasteiger partial charge on any atom is -0.394 e. The maximum atomic E-state index is 13.2. The minimum atomic E-state index is -0.204. The molecule has 144 valence electrons. The van der Waals surface area contributed by atoms with Crippen molar-refractivity contribution in [3.63, 3.8) is 0 Å². The number of hydrogen-bond acceptors (Lipinski definition) is 4. The molecule has 2 fully saturated rings. The summed E-state index contributed by atoms with van der Waals surface area (Å²) in [7, 11) is 0. The van der Waals surface area contributed by atoms with Gasteiger partial charge in [-0.05, 0) is 42.5 Å². The van der Waals surface area contributed by atoms with Gasteiger partial charge in [0.2, 0.25) is 5.91 Å². The molecule has 0 radical (unpaired) electrons. The van der Waals surface area contributed by atoms with Crippen molar-refractivity contribution in [3.8, 4) is 0 Å². The Bertz CT molecular complexity index is 912. The number of aliphatic hydroxyl groups excluding tert-OH is 1. The fourth-order valence-corrected chi connectivity index (χ4v) is 4.73. The molecule has 0 spiro atoms. The number of aliphatic hydroxyl groups is 1. The first-order chi connectivity index (χ1) is 13.7. The van der Waals surface area contributed by atoms with Crippen molar-refractivity contribution in [1.29, 1.82) is 0 Å². The van der Waals surface area contributed by atoms with Crippen LogP contribution in [0.4, 0.5) is 5.69 Å². The minimum absolute atomic E-state index is 0.0555. The van der Waals surface area contributed by atoms with E-state index in [0.717, 1.165) is 24.1 Å². The molecule has 2 aliphatic heterocycles. The number of aromatic nitrogens is 1. The molecule has 6 nitrogen and oxygen atoms in total. The number of amides is 2. The number of fused-ring (bicyclic) bond motifs is 3. The molecular weight excluding hydrogens is 354 g/mol. The Morgan fingerprint density at radius 2 is 1.89 bits per heavy atom. The number of nitrogens with zero attached hydrogens (tertiary/aromatic N) is 3.